The molecule has 12 nitrogen and oxygen atoms in total. The Morgan fingerprint density at radius 2 is 1.00 bits per heavy atom. The lowest BCUT2D eigenvalue weighted by Crippen LogP contribution is -2.32. The fourth-order valence-electron chi connectivity index (χ4n) is 7.48. The highest BCUT2D eigenvalue weighted by Gasteiger charge is 2.25. The second-order valence-electron chi connectivity index (χ2n) is 13.9. The number of nitrogens with zero attached hydrogens (tertiary/aromatic N) is 8. The van der Waals surface area contributed by atoms with Gasteiger partial charge in [0.2, 0.25) is 11.8 Å². The van der Waals surface area contributed by atoms with Crippen LogP contribution in [0.2, 0.25) is 10.0 Å². The number of nitrogens with one attached hydrogen (secondary N) is 2. The number of anilines is 2. The molecule has 286 valence electrons. The van der Waals surface area contributed by atoms with Gasteiger partial charge in [-0.15, -0.1) is 0 Å². The first-order valence-electron chi connectivity index (χ1n) is 18.6. The van der Waals surface area contributed by atoms with Gasteiger partial charge in [0.1, 0.15) is 12.7 Å². The van der Waals surface area contributed by atoms with Crippen LogP contribution in [0.3, 0.4) is 0 Å². The number of aromatic nitrogens is 6. The molecule has 0 bridgehead atoms. The third-order valence-electron chi connectivity index (χ3n) is 10.5. The Hall–Kier alpha value is -5.40. The minimum Gasteiger partial charge on any atom is -0.481 e. The van der Waals surface area contributed by atoms with E-state index in [0.717, 1.165) is 83.8 Å². The maximum Gasteiger partial charge on any atom is 0.218 e. The first-order chi connectivity index (χ1) is 27.5. The minimum atomic E-state index is 0.322. The van der Waals surface area contributed by atoms with E-state index in [1.165, 1.54) is 0 Å². The second kappa shape index (κ2) is 17.2. The molecule has 2 N–H and O–H groups in total. The molecule has 4 aromatic heterocycles. The average Bonchev–Trinajstić information content (AvgIpc) is 3.94. The van der Waals surface area contributed by atoms with Crippen LogP contribution >= 0.6 is 23.2 Å². The maximum atomic E-state index is 7.18. The second-order valence-corrected chi connectivity index (χ2v) is 14.6. The smallest absolute Gasteiger partial charge is 0.218 e. The molecule has 14 heteroatoms. The third kappa shape index (κ3) is 8.10. The lowest BCUT2D eigenvalue weighted by atomic mass is 9.98. The molecule has 8 rings (SSSR count). The molecule has 0 aliphatic carbocycles. The zero-order valence-corrected chi connectivity index (χ0v) is 32.7. The zero-order chi connectivity index (χ0) is 38.4. The Kier molecular flexibility index (Phi) is 11.5. The quantitative estimate of drug-likeness (QED) is 0.124. The molecule has 6 aromatic rings. The summed E-state index contributed by atoms with van der Waals surface area (Å²) >= 11 is 14.4. The fourth-order valence-corrected chi connectivity index (χ4v) is 8.13. The van der Waals surface area contributed by atoms with Crippen LogP contribution in [0.4, 0.5) is 11.4 Å². The molecule has 2 saturated heterocycles. The van der Waals surface area contributed by atoms with E-state index in [1.807, 2.05) is 85.5 Å². The first-order valence-corrected chi connectivity index (χ1v) is 19.4. The van der Waals surface area contributed by atoms with Crippen LogP contribution in [0.5, 0.6) is 11.8 Å². The van der Waals surface area contributed by atoms with Crippen LogP contribution in [0.15, 0.2) is 98.1 Å². The van der Waals surface area contributed by atoms with Gasteiger partial charge < -0.3 is 29.9 Å². The molecule has 0 radical (unpaired) electrons. The van der Waals surface area contributed by atoms with Crippen LogP contribution in [0.1, 0.15) is 24.0 Å². The van der Waals surface area contributed by atoms with E-state index in [-0.39, 0.29) is 0 Å². The number of hydrogen-bond donors (Lipinski definition) is 2. The summed E-state index contributed by atoms with van der Waals surface area (Å²) in [5, 5.41) is 8.42. The largest absolute Gasteiger partial charge is 0.481 e. The summed E-state index contributed by atoms with van der Waals surface area (Å²) in [4.78, 5) is 31.0. The van der Waals surface area contributed by atoms with Gasteiger partial charge in [0, 0.05) is 84.7 Å². The van der Waals surface area contributed by atoms with Crippen LogP contribution in [-0.2, 0) is 13.1 Å². The predicted octanol–water partition coefficient (Wildman–Crippen LogP) is 7.12. The number of pyridine rings is 2. The van der Waals surface area contributed by atoms with Gasteiger partial charge >= 0.3 is 0 Å². The van der Waals surface area contributed by atoms with E-state index in [2.05, 4.69) is 40.4 Å². The summed E-state index contributed by atoms with van der Waals surface area (Å²) in [7, 11) is 3.28. The molecule has 2 atom stereocenters. The Balaban J connectivity index is 0.962. The Bertz CT molecular complexity index is 2120. The standard InChI is InChI=1S/C42H42Cl2N10O2/c1-55-41-27(17-49-29-13-15-53(23-29)31-19-45-25-46-20-31)9-11-37(51-41)35-7-3-5-33(39(35)43)34-6-4-8-36(40(34)44)38-12-10-28(42(52-38)56-2)18-50-30-14-16-54(24-30)32-21-47-26-48-22-32/h3-12,19-22,25-26,29-30,49-50H,13-18,23-24H2,1-2H3. The molecule has 0 saturated carbocycles. The zero-order valence-electron chi connectivity index (χ0n) is 31.2. The monoisotopic (exact) mass is 788 g/mol. The molecule has 2 aromatic carbocycles. The van der Waals surface area contributed by atoms with E-state index in [9.17, 15) is 0 Å². The normalized spacial score (nSPS) is 16.7. The molecule has 6 heterocycles. The predicted molar refractivity (Wildman–Crippen MR) is 220 cm³/mol. The van der Waals surface area contributed by atoms with Crippen LogP contribution in [0, 0.1) is 0 Å². The molecular formula is C42H42Cl2N10O2. The van der Waals surface area contributed by atoms with Gasteiger partial charge in [0.05, 0.1) is 71.8 Å². The van der Waals surface area contributed by atoms with Gasteiger partial charge in [0.25, 0.3) is 0 Å². The van der Waals surface area contributed by atoms with Crippen LogP contribution < -0.4 is 29.9 Å². The molecule has 0 amide bonds. The minimum absolute atomic E-state index is 0.322. The van der Waals surface area contributed by atoms with Gasteiger partial charge in [0.15, 0.2) is 0 Å². The lowest BCUT2D eigenvalue weighted by Gasteiger charge is -2.19. The van der Waals surface area contributed by atoms with Crippen molar-refractivity contribution < 1.29 is 9.47 Å². The Morgan fingerprint density at radius 1 is 0.589 bits per heavy atom. The van der Waals surface area contributed by atoms with E-state index < -0.39 is 0 Å². The molecule has 2 fully saturated rings. The average molecular weight is 790 g/mol. The molecule has 0 spiro atoms. The van der Waals surface area contributed by atoms with Crippen LogP contribution in [0.25, 0.3) is 33.6 Å². The van der Waals surface area contributed by atoms with Crippen molar-refractivity contribution in [2.24, 2.45) is 0 Å². The van der Waals surface area contributed by atoms with Crippen molar-refractivity contribution in [1.29, 1.82) is 0 Å². The Labute approximate surface area is 336 Å². The molecule has 2 unspecified atom stereocenters. The highest BCUT2D eigenvalue weighted by Crippen LogP contribution is 2.42. The number of hydrogen-bond acceptors (Lipinski definition) is 12. The summed E-state index contributed by atoms with van der Waals surface area (Å²) in [5.74, 6) is 1.10. The van der Waals surface area contributed by atoms with Gasteiger partial charge in [-0.05, 0) is 25.0 Å². The van der Waals surface area contributed by atoms with Gasteiger partial charge in [-0.25, -0.2) is 29.9 Å². The summed E-state index contributed by atoms with van der Waals surface area (Å²) in [6, 6.07) is 20.5. The molecule has 2 aliphatic heterocycles. The van der Waals surface area contributed by atoms with Crippen molar-refractivity contribution in [3.8, 4) is 45.4 Å². The molecule has 56 heavy (non-hydrogen) atoms. The SMILES string of the molecule is COc1nc(-c2cccc(-c3cccc(-c4ccc(CNC5CCN(c6cncnc6)C5)c(OC)n4)c3Cl)c2Cl)ccc1CNC1CCN(c2cncnc2)C1. The lowest BCUT2D eigenvalue weighted by molar-refractivity contribution is 0.389. The first kappa shape index (κ1) is 37.5. The number of rotatable bonds is 13. The number of methoxy groups -OCH3 is 2. The maximum absolute atomic E-state index is 7.18. The van der Waals surface area contributed by atoms with Crippen molar-refractivity contribution in [1.82, 2.24) is 40.5 Å². The molecular weight excluding hydrogens is 747 g/mol. The van der Waals surface area contributed by atoms with E-state index in [1.54, 1.807) is 26.9 Å². The summed E-state index contributed by atoms with van der Waals surface area (Å²) < 4.78 is 11.5. The van der Waals surface area contributed by atoms with E-state index in [0.29, 0.717) is 58.4 Å². The van der Waals surface area contributed by atoms with Gasteiger partial charge in [-0.2, -0.15) is 0 Å². The van der Waals surface area contributed by atoms with Gasteiger partial charge in [-0.3, -0.25) is 0 Å². The van der Waals surface area contributed by atoms with Gasteiger partial charge in [-0.1, -0.05) is 71.7 Å². The van der Waals surface area contributed by atoms with Crippen molar-refractivity contribution >= 4 is 34.6 Å². The van der Waals surface area contributed by atoms with Crippen molar-refractivity contribution in [2.45, 2.75) is 38.0 Å². The highest BCUT2D eigenvalue weighted by molar-refractivity contribution is 6.39. The van der Waals surface area contributed by atoms with E-state index >= 15 is 0 Å². The van der Waals surface area contributed by atoms with Crippen molar-refractivity contribution in [3.05, 3.63) is 119 Å². The van der Waals surface area contributed by atoms with Crippen LogP contribution in [-0.4, -0.2) is 82.4 Å². The number of halogens is 2. The number of ether oxygens (including phenoxy) is 2. The van der Waals surface area contributed by atoms with E-state index in [4.69, 9.17) is 42.6 Å². The summed E-state index contributed by atoms with van der Waals surface area (Å²) in [5.41, 5.74) is 8.55. The summed E-state index contributed by atoms with van der Waals surface area (Å²) in [6.07, 6.45) is 12.6. The van der Waals surface area contributed by atoms with Crippen molar-refractivity contribution in [2.75, 3.05) is 50.2 Å². The fraction of sp³-hybridized carbons (Fsp3) is 0.286. The number of benzene rings is 2. The Morgan fingerprint density at radius 3 is 1.41 bits per heavy atom. The molecule has 2 aliphatic rings. The summed E-state index contributed by atoms with van der Waals surface area (Å²) in [6.45, 7) is 4.90. The third-order valence-corrected chi connectivity index (χ3v) is 11.3. The van der Waals surface area contributed by atoms with Crippen molar-refractivity contribution in [3.63, 3.8) is 0 Å². The topological polar surface area (TPSA) is 126 Å². The highest BCUT2D eigenvalue weighted by atomic mass is 35.5.